The molecule has 0 aliphatic carbocycles. The Kier molecular flexibility index (Phi) is 7.06. The van der Waals surface area contributed by atoms with E-state index < -0.39 is 6.43 Å². The first-order chi connectivity index (χ1) is 14.9. The zero-order valence-corrected chi connectivity index (χ0v) is 18.3. The van der Waals surface area contributed by atoms with E-state index in [1.807, 2.05) is 69.3 Å². The van der Waals surface area contributed by atoms with Crippen LogP contribution >= 0.6 is 0 Å². The van der Waals surface area contributed by atoms with Crippen molar-refractivity contribution in [3.05, 3.63) is 76.3 Å². The van der Waals surface area contributed by atoms with Gasteiger partial charge in [-0.25, -0.2) is 8.78 Å². The molecule has 0 saturated heterocycles. The number of halogens is 2. The lowest BCUT2D eigenvalue weighted by atomic mass is 9.80. The van der Waals surface area contributed by atoms with Crippen LogP contribution in [0.5, 0.6) is 0 Å². The number of alkyl halides is 2. The molecule has 0 saturated carbocycles. The smallest absolute Gasteiger partial charge is 0.292 e. The Balaban J connectivity index is 0.000000628. The highest BCUT2D eigenvalue weighted by atomic mass is 19.3. The molecule has 0 fully saturated rings. The van der Waals surface area contributed by atoms with Gasteiger partial charge in [0, 0.05) is 23.4 Å². The maximum absolute atomic E-state index is 14.5. The molecule has 3 aromatic carbocycles. The number of carbonyl (C=O) groups is 1. The van der Waals surface area contributed by atoms with Crippen molar-refractivity contribution < 1.29 is 18.3 Å². The summed E-state index contributed by atoms with van der Waals surface area (Å²) in [6.45, 7) is 7.14. The monoisotopic (exact) mass is 423 g/mol. The van der Waals surface area contributed by atoms with Crippen LogP contribution in [0.3, 0.4) is 0 Å². The molecule has 1 aliphatic heterocycles. The van der Waals surface area contributed by atoms with Crippen LogP contribution in [0, 0.1) is 13.8 Å². The maximum atomic E-state index is 14.5. The number of aryl methyl sites for hydroxylation is 1. The molecular weight excluding hydrogens is 396 g/mol. The van der Waals surface area contributed by atoms with E-state index in [4.69, 9.17) is 4.79 Å². The average molecular weight is 424 g/mol. The van der Waals surface area contributed by atoms with Crippen molar-refractivity contribution in [1.29, 1.82) is 0 Å². The van der Waals surface area contributed by atoms with Crippen molar-refractivity contribution in [2.24, 2.45) is 0 Å². The minimum absolute atomic E-state index is 0.149. The number of anilines is 1. The van der Waals surface area contributed by atoms with Crippen LogP contribution in [0.1, 0.15) is 41.2 Å². The second kappa shape index (κ2) is 9.73. The van der Waals surface area contributed by atoms with Crippen molar-refractivity contribution >= 4 is 12.2 Å². The zero-order chi connectivity index (χ0) is 22.5. The molecule has 1 aliphatic rings. The van der Waals surface area contributed by atoms with E-state index in [2.05, 4.69) is 10.1 Å². The second-order valence-electron chi connectivity index (χ2n) is 7.51. The van der Waals surface area contributed by atoms with Crippen LogP contribution in [0.15, 0.2) is 48.5 Å². The topological polar surface area (TPSA) is 38.3 Å². The lowest BCUT2D eigenvalue weighted by Crippen LogP contribution is -2.15. The summed E-state index contributed by atoms with van der Waals surface area (Å²) in [5, 5.41) is 3.41. The second-order valence-corrected chi connectivity index (χ2v) is 7.51. The average Bonchev–Trinajstić information content (AvgIpc) is 2.79. The predicted octanol–water partition coefficient (Wildman–Crippen LogP) is 6.85. The summed E-state index contributed by atoms with van der Waals surface area (Å²) in [5.41, 5.74) is 8.40. The van der Waals surface area contributed by atoms with Gasteiger partial charge in [-0.15, -0.1) is 0 Å². The Bertz CT molecular complexity index is 1080. The molecule has 0 aromatic heterocycles. The van der Waals surface area contributed by atoms with Gasteiger partial charge in [0.05, 0.1) is 7.11 Å². The van der Waals surface area contributed by atoms with Crippen molar-refractivity contribution in [2.45, 2.75) is 40.2 Å². The Morgan fingerprint density at radius 2 is 1.71 bits per heavy atom. The molecule has 0 amide bonds. The molecule has 31 heavy (non-hydrogen) atoms. The van der Waals surface area contributed by atoms with E-state index in [9.17, 15) is 8.78 Å². The van der Waals surface area contributed by atoms with Gasteiger partial charge in [-0.05, 0) is 53.6 Å². The number of hydrogen-bond donors (Lipinski definition) is 1. The van der Waals surface area contributed by atoms with Gasteiger partial charge in [-0.1, -0.05) is 61.0 Å². The number of carbonyl (C=O) groups excluding carboxylic acids is 1. The van der Waals surface area contributed by atoms with Crippen LogP contribution in [0.2, 0.25) is 0 Å². The van der Waals surface area contributed by atoms with Crippen LogP contribution in [-0.4, -0.2) is 13.6 Å². The molecule has 1 heterocycles. The SMILES string of the molecule is CCc1c(C)c2c(c(C(F)F)c1-c1ccc(C)cc1)-c1ccccc1CN2.COC=O. The largest absolute Gasteiger partial charge is 0.471 e. The number of ether oxygens (including phenoxy) is 1. The van der Waals surface area contributed by atoms with E-state index in [0.717, 1.165) is 39.1 Å². The molecule has 0 atom stereocenters. The fourth-order valence-corrected chi connectivity index (χ4v) is 4.26. The Morgan fingerprint density at radius 1 is 1.06 bits per heavy atom. The quantitative estimate of drug-likeness (QED) is 0.466. The maximum Gasteiger partial charge on any atom is 0.292 e. The number of hydrogen-bond acceptors (Lipinski definition) is 3. The number of benzene rings is 3. The standard InChI is InChI=1S/C24H23F2N.C2H4O2/c1-4-18-15(3)23-21(19-8-6-5-7-17(19)13-27-23)22(24(25)26)20(18)16-11-9-14(2)10-12-16;1-4-2-3/h5-12,24,27H,4,13H2,1-3H3;2H,1H3. The van der Waals surface area contributed by atoms with Crippen molar-refractivity contribution in [3.63, 3.8) is 0 Å². The third-order valence-electron chi connectivity index (χ3n) is 5.67. The fraction of sp³-hybridized carbons (Fsp3) is 0.269. The van der Waals surface area contributed by atoms with E-state index in [-0.39, 0.29) is 5.56 Å². The van der Waals surface area contributed by atoms with E-state index in [0.29, 0.717) is 30.6 Å². The summed E-state index contributed by atoms with van der Waals surface area (Å²) in [7, 11) is 1.31. The summed E-state index contributed by atoms with van der Waals surface area (Å²) in [6, 6.07) is 15.8. The molecule has 0 unspecified atom stereocenters. The zero-order valence-electron chi connectivity index (χ0n) is 18.3. The van der Waals surface area contributed by atoms with Crippen molar-refractivity contribution in [3.8, 4) is 22.3 Å². The predicted molar refractivity (Wildman–Crippen MR) is 122 cm³/mol. The van der Waals surface area contributed by atoms with Gasteiger partial charge in [-0.3, -0.25) is 4.79 Å². The van der Waals surface area contributed by atoms with Crippen LogP contribution in [-0.2, 0) is 22.5 Å². The molecule has 1 N–H and O–H groups in total. The molecule has 5 heteroatoms. The highest BCUT2D eigenvalue weighted by Gasteiger charge is 2.30. The van der Waals surface area contributed by atoms with Gasteiger partial charge in [-0.2, -0.15) is 0 Å². The van der Waals surface area contributed by atoms with Gasteiger partial charge >= 0.3 is 0 Å². The summed E-state index contributed by atoms with van der Waals surface area (Å²) in [6.07, 6.45) is -1.83. The molecule has 3 aromatic rings. The molecule has 0 radical (unpaired) electrons. The van der Waals surface area contributed by atoms with Crippen LogP contribution in [0.25, 0.3) is 22.3 Å². The highest BCUT2D eigenvalue weighted by molar-refractivity contribution is 5.94. The number of nitrogens with one attached hydrogen (secondary N) is 1. The normalized spacial score (nSPS) is 11.6. The van der Waals surface area contributed by atoms with Crippen LogP contribution < -0.4 is 5.32 Å². The van der Waals surface area contributed by atoms with Gasteiger partial charge in [0.15, 0.2) is 0 Å². The molecule has 162 valence electrons. The van der Waals surface area contributed by atoms with E-state index in [1.165, 1.54) is 7.11 Å². The van der Waals surface area contributed by atoms with Crippen molar-refractivity contribution in [1.82, 2.24) is 0 Å². The first-order valence-corrected chi connectivity index (χ1v) is 10.3. The molecular formula is C26H27F2NO2. The Labute approximate surface area is 182 Å². The summed E-state index contributed by atoms with van der Waals surface area (Å²) >= 11 is 0. The van der Waals surface area contributed by atoms with Crippen molar-refractivity contribution in [2.75, 3.05) is 12.4 Å². The third-order valence-corrected chi connectivity index (χ3v) is 5.67. The molecule has 0 bridgehead atoms. The third kappa shape index (κ3) is 4.31. The lowest BCUT2D eigenvalue weighted by Gasteiger charge is -2.30. The highest BCUT2D eigenvalue weighted by Crippen LogP contribution is 2.49. The van der Waals surface area contributed by atoms with Gasteiger partial charge in [0.1, 0.15) is 0 Å². The van der Waals surface area contributed by atoms with Gasteiger partial charge in [0.2, 0.25) is 0 Å². The van der Waals surface area contributed by atoms with Crippen LogP contribution in [0.4, 0.5) is 14.5 Å². The number of methoxy groups -OCH3 is 1. The van der Waals surface area contributed by atoms with Gasteiger partial charge < -0.3 is 10.1 Å². The van der Waals surface area contributed by atoms with E-state index >= 15 is 0 Å². The molecule has 3 nitrogen and oxygen atoms in total. The molecule has 0 spiro atoms. The number of fused-ring (bicyclic) bond motifs is 3. The van der Waals surface area contributed by atoms with Gasteiger partial charge in [0.25, 0.3) is 12.9 Å². The molecule has 4 rings (SSSR count). The first-order valence-electron chi connectivity index (χ1n) is 10.3. The lowest BCUT2D eigenvalue weighted by molar-refractivity contribution is -0.126. The number of rotatable bonds is 4. The minimum Gasteiger partial charge on any atom is -0.471 e. The minimum atomic E-state index is -2.55. The Morgan fingerprint density at radius 3 is 2.29 bits per heavy atom. The first kappa shape index (κ1) is 22.5. The fourth-order valence-electron chi connectivity index (χ4n) is 4.26. The summed E-state index contributed by atoms with van der Waals surface area (Å²) < 4.78 is 32.9. The summed E-state index contributed by atoms with van der Waals surface area (Å²) in [5.74, 6) is 0. The van der Waals surface area contributed by atoms with E-state index in [1.54, 1.807) is 0 Å². The Hall–Kier alpha value is -3.21. The summed E-state index contributed by atoms with van der Waals surface area (Å²) in [4.78, 5) is 8.95.